The third-order valence-corrected chi connectivity index (χ3v) is 8.88. The molecule has 1 saturated heterocycles. The minimum absolute atomic E-state index is 0.00946. The highest BCUT2D eigenvalue weighted by atomic mass is 32.2. The Morgan fingerprint density at radius 1 is 1.06 bits per heavy atom. The molecule has 0 atom stereocenters. The molecule has 0 aromatic heterocycles. The molecule has 5 aliphatic rings. The van der Waals surface area contributed by atoms with Crippen LogP contribution in [0.15, 0.2) is 48.2 Å². The van der Waals surface area contributed by atoms with Crippen molar-refractivity contribution in [2.45, 2.75) is 50.9 Å². The smallest absolute Gasteiger partial charge is 0.298 e. The zero-order valence-electron chi connectivity index (χ0n) is 19.3. The third-order valence-electron chi connectivity index (χ3n) is 8.13. The van der Waals surface area contributed by atoms with E-state index in [1.807, 2.05) is 37.3 Å². The van der Waals surface area contributed by atoms with E-state index in [0.29, 0.717) is 23.7 Å². The monoisotopic (exact) mass is 475 g/mol. The van der Waals surface area contributed by atoms with Crippen molar-refractivity contribution in [2.75, 3.05) is 11.5 Å². The largest absolute Gasteiger partial charge is 0.508 e. The van der Waals surface area contributed by atoms with Gasteiger partial charge in [-0.2, -0.15) is 0 Å². The molecule has 4 aliphatic carbocycles. The van der Waals surface area contributed by atoms with Gasteiger partial charge < -0.3 is 9.84 Å². The van der Waals surface area contributed by atoms with E-state index >= 15 is 0 Å². The first-order chi connectivity index (χ1) is 16.4. The number of aromatic hydroxyl groups is 1. The number of benzene rings is 2. The number of phenolic OH excluding ortho intramolecular Hbond substituents is 1. The quantitative estimate of drug-likeness (QED) is 0.500. The fraction of sp³-hybridized carbons (Fsp3) is 0.429. The van der Waals surface area contributed by atoms with Gasteiger partial charge in [-0.05, 0) is 111 Å². The lowest BCUT2D eigenvalue weighted by atomic mass is 9.48. The van der Waals surface area contributed by atoms with E-state index in [1.165, 1.54) is 24.2 Å². The van der Waals surface area contributed by atoms with Crippen LogP contribution in [-0.2, 0) is 10.2 Å². The first kappa shape index (κ1) is 21.8. The molecule has 5 nitrogen and oxygen atoms in total. The number of rotatable bonds is 5. The standard InChI is InChI=1S/C28H29NO4S/c1-2-33-22-5-3-4-17(11-22)12-24-26(31)34-27(32)29(24)21-6-7-25(30)23(13-21)28-14-18-8-19(15-28)10-20(9-18)16-28/h3-7,11-13,18-20,30H,2,8-10,14-16H2,1H3. The molecule has 4 bridgehead atoms. The molecule has 1 amide bonds. The zero-order valence-corrected chi connectivity index (χ0v) is 20.1. The Bertz CT molecular complexity index is 1170. The summed E-state index contributed by atoms with van der Waals surface area (Å²) in [6.45, 7) is 2.48. The summed E-state index contributed by atoms with van der Waals surface area (Å²) < 4.78 is 5.59. The maximum atomic E-state index is 12.9. The highest BCUT2D eigenvalue weighted by Gasteiger charge is 2.52. The lowest BCUT2D eigenvalue weighted by Gasteiger charge is -2.57. The maximum absolute atomic E-state index is 12.9. The van der Waals surface area contributed by atoms with Gasteiger partial charge in [-0.3, -0.25) is 14.5 Å². The predicted molar refractivity (Wildman–Crippen MR) is 134 cm³/mol. The summed E-state index contributed by atoms with van der Waals surface area (Å²) in [6, 6.07) is 12.9. The van der Waals surface area contributed by atoms with Gasteiger partial charge >= 0.3 is 0 Å². The van der Waals surface area contributed by atoms with E-state index in [2.05, 4.69) is 0 Å². The van der Waals surface area contributed by atoms with E-state index in [1.54, 1.807) is 18.2 Å². The van der Waals surface area contributed by atoms with Gasteiger partial charge in [0.2, 0.25) is 5.12 Å². The van der Waals surface area contributed by atoms with Crippen molar-refractivity contribution in [3.63, 3.8) is 0 Å². The highest BCUT2D eigenvalue weighted by molar-refractivity contribution is 8.27. The minimum atomic E-state index is -0.306. The molecule has 2 aromatic carbocycles. The van der Waals surface area contributed by atoms with Gasteiger partial charge in [-0.1, -0.05) is 12.1 Å². The number of anilines is 1. The van der Waals surface area contributed by atoms with Crippen LogP contribution in [0.5, 0.6) is 11.5 Å². The van der Waals surface area contributed by atoms with Gasteiger partial charge in [0.25, 0.3) is 5.24 Å². The zero-order chi connectivity index (χ0) is 23.4. The molecule has 1 aliphatic heterocycles. The Kier molecular flexibility index (Phi) is 5.25. The summed E-state index contributed by atoms with van der Waals surface area (Å²) >= 11 is 0.721. The summed E-state index contributed by atoms with van der Waals surface area (Å²) in [5.41, 5.74) is 2.74. The number of ether oxygens (including phenoxy) is 1. The normalized spacial score (nSPS) is 31.0. The van der Waals surface area contributed by atoms with Crippen LogP contribution >= 0.6 is 11.8 Å². The van der Waals surface area contributed by atoms with E-state index < -0.39 is 0 Å². The summed E-state index contributed by atoms with van der Waals surface area (Å²) in [5.74, 6) is 3.27. The molecule has 2 aromatic rings. The molecular weight excluding hydrogens is 446 g/mol. The minimum Gasteiger partial charge on any atom is -0.508 e. The Balaban J connectivity index is 1.39. The molecule has 0 unspecified atom stereocenters. The number of amides is 1. The van der Waals surface area contributed by atoms with Gasteiger partial charge in [0, 0.05) is 17.3 Å². The fourth-order valence-electron chi connectivity index (χ4n) is 7.28. The summed E-state index contributed by atoms with van der Waals surface area (Å²) in [6.07, 6.45) is 9.06. The number of phenols is 1. The molecule has 1 heterocycles. The summed E-state index contributed by atoms with van der Waals surface area (Å²) in [5, 5.41) is 10.4. The molecule has 176 valence electrons. The molecule has 6 heteroatoms. The first-order valence-electron chi connectivity index (χ1n) is 12.3. The Labute approximate surface area is 204 Å². The van der Waals surface area contributed by atoms with Crippen molar-refractivity contribution in [3.8, 4) is 11.5 Å². The lowest BCUT2D eigenvalue weighted by Crippen LogP contribution is -2.48. The number of carbonyl (C=O) groups excluding carboxylic acids is 2. The molecule has 0 spiro atoms. The molecule has 1 N–H and O–H groups in total. The molecule has 34 heavy (non-hydrogen) atoms. The Hall–Kier alpha value is -2.73. The van der Waals surface area contributed by atoms with Gasteiger partial charge in [-0.25, -0.2) is 0 Å². The second kappa shape index (κ2) is 8.19. The van der Waals surface area contributed by atoms with Crippen molar-refractivity contribution in [2.24, 2.45) is 17.8 Å². The third kappa shape index (κ3) is 3.63. The van der Waals surface area contributed by atoms with Crippen LogP contribution in [-0.4, -0.2) is 22.1 Å². The second-order valence-electron chi connectivity index (χ2n) is 10.4. The number of hydrogen-bond acceptors (Lipinski definition) is 5. The average molecular weight is 476 g/mol. The van der Waals surface area contributed by atoms with Gasteiger partial charge in [0.15, 0.2) is 0 Å². The van der Waals surface area contributed by atoms with Crippen LogP contribution in [0.3, 0.4) is 0 Å². The van der Waals surface area contributed by atoms with Crippen molar-refractivity contribution in [1.82, 2.24) is 0 Å². The van der Waals surface area contributed by atoms with Crippen LogP contribution in [0.2, 0.25) is 0 Å². The first-order valence-corrected chi connectivity index (χ1v) is 13.1. The van der Waals surface area contributed by atoms with Crippen LogP contribution < -0.4 is 9.64 Å². The SMILES string of the molecule is CCOc1cccc(C=C2C(=O)SC(=O)N2c2ccc(O)c(C34CC5CC(CC(C5)C3)C4)c2)c1. The molecule has 7 rings (SSSR count). The fourth-order valence-corrected chi connectivity index (χ4v) is 7.99. The topological polar surface area (TPSA) is 66.8 Å². The van der Waals surface area contributed by atoms with E-state index in [9.17, 15) is 14.7 Å². The summed E-state index contributed by atoms with van der Waals surface area (Å²) in [4.78, 5) is 27.3. The van der Waals surface area contributed by atoms with E-state index in [4.69, 9.17) is 4.74 Å². The number of nitrogens with zero attached hydrogens (tertiary/aromatic N) is 1. The van der Waals surface area contributed by atoms with Crippen LogP contribution in [0.4, 0.5) is 10.5 Å². The number of thioether (sulfide) groups is 1. The van der Waals surface area contributed by atoms with E-state index in [0.717, 1.165) is 65.7 Å². The average Bonchev–Trinajstić information content (AvgIpc) is 3.06. The van der Waals surface area contributed by atoms with Crippen LogP contribution in [0.1, 0.15) is 56.6 Å². The van der Waals surface area contributed by atoms with Crippen molar-refractivity contribution < 1.29 is 19.4 Å². The summed E-state index contributed by atoms with van der Waals surface area (Å²) in [7, 11) is 0. The Morgan fingerprint density at radius 3 is 2.44 bits per heavy atom. The van der Waals surface area contributed by atoms with Gasteiger partial charge in [0.05, 0.1) is 12.3 Å². The van der Waals surface area contributed by atoms with Crippen LogP contribution in [0.25, 0.3) is 6.08 Å². The van der Waals surface area contributed by atoms with Crippen molar-refractivity contribution in [3.05, 3.63) is 59.3 Å². The van der Waals surface area contributed by atoms with Crippen molar-refractivity contribution in [1.29, 1.82) is 0 Å². The molecule has 5 fully saturated rings. The van der Waals surface area contributed by atoms with Crippen molar-refractivity contribution >= 4 is 33.9 Å². The van der Waals surface area contributed by atoms with Crippen LogP contribution in [0, 0.1) is 17.8 Å². The second-order valence-corrected chi connectivity index (χ2v) is 11.3. The van der Waals surface area contributed by atoms with Gasteiger partial charge in [0.1, 0.15) is 17.2 Å². The highest BCUT2D eigenvalue weighted by Crippen LogP contribution is 2.62. The molecule has 4 saturated carbocycles. The number of hydrogen-bond donors (Lipinski definition) is 1. The van der Waals surface area contributed by atoms with Gasteiger partial charge in [-0.15, -0.1) is 0 Å². The number of carbonyl (C=O) groups is 2. The maximum Gasteiger partial charge on any atom is 0.298 e. The Morgan fingerprint density at radius 2 is 1.76 bits per heavy atom. The molecular formula is C28H29NO4S. The lowest BCUT2D eigenvalue weighted by molar-refractivity contribution is -0.107. The predicted octanol–water partition coefficient (Wildman–Crippen LogP) is 6.50. The van der Waals surface area contributed by atoms with E-state index in [-0.39, 0.29) is 15.8 Å². The molecule has 0 radical (unpaired) electrons.